The first kappa shape index (κ1) is 11.1. The van der Waals surface area contributed by atoms with Gasteiger partial charge in [-0.3, -0.25) is 4.21 Å². The summed E-state index contributed by atoms with van der Waals surface area (Å²) in [5, 5.41) is 4.08. The normalized spacial score (nSPS) is 29.1. The number of hydrogen-bond acceptors (Lipinski definition) is 2. The summed E-state index contributed by atoms with van der Waals surface area (Å²) < 4.78 is 12.1. The van der Waals surface area contributed by atoms with Crippen LogP contribution in [0.5, 0.6) is 0 Å². The van der Waals surface area contributed by atoms with E-state index in [1.165, 1.54) is 0 Å². The van der Waals surface area contributed by atoms with Crippen molar-refractivity contribution in [1.29, 1.82) is 0 Å². The SMILES string of the molecule is CCNC1c2cccc(Cl)c2S(=O)C1C. The van der Waals surface area contributed by atoms with Crippen LogP contribution in [-0.2, 0) is 10.8 Å². The van der Waals surface area contributed by atoms with E-state index in [9.17, 15) is 4.21 Å². The lowest BCUT2D eigenvalue weighted by Gasteiger charge is -2.15. The van der Waals surface area contributed by atoms with Gasteiger partial charge in [-0.1, -0.05) is 30.7 Å². The summed E-state index contributed by atoms with van der Waals surface area (Å²) in [6, 6.07) is 5.90. The van der Waals surface area contributed by atoms with Crippen LogP contribution in [0, 0.1) is 0 Å². The Morgan fingerprint density at radius 2 is 2.27 bits per heavy atom. The Labute approximate surface area is 97.5 Å². The Balaban J connectivity index is 2.50. The third kappa shape index (κ3) is 1.73. The highest BCUT2D eigenvalue weighted by Gasteiger charge is 2.36. The maximum absolute atomic E-state index is 12.1. The Morgan fingerprint density at radius 1 is 1.53 bits per heavy atom. The van der Waals surface area contributed by atoms with Gasteiger partial charge >= 0.3 is 0 Å². The minimum atomic E-state index is -0.980. The first-order valence-corrected chi connectivity index (χ1v) is 6.68. The van der Waals surface area contributed by atoms with E-state index in [-0.39, 0.29) is 11.3 Å². The molecule has 1 aliphatic heterocycles. The van der Waals surface area contributed by atoms with Crippen molar-refractivity contribution >= 4 is 22.4 Å². The molecule has 0 bridgehead atoms. The summed E-state index contributed by atoms with van der Waals surface area (Å²) in [6.45, 7) is 4.93. The molecule has 0 aliphatic carbocycles. The molecule has 1 aromatic carbocycles. The number of benzene rings is 1. The second-order valence-electron chi connectivity index (χ2n) is 3.70. The predicted octanol–water partition coefficient (Wildman–Crippen LogP) is 2.50. The summed E-state index contributed by atoms with van der Waals surface area (Å²) >= 11 is 6.07. The van der Waals surface area contributed by atoms with Gasteiger partial charge in [0.05, 0.1) is 26.0 Å². The average molecular weight is 244 g/mol. The first-order valence-electron chi connectivity index (χ1n) is 5.09. The van der Waals surface area contributed by atoms with Crippen LogP contribution in [0.15, 0.2) is 23.1 Å². The first-order chi connectivity index (χ1) is 7.16. The number of halogens is 1. The summed E-state index contributed by atoms with van der Waals surface area (Å²) in [5.41, 5.74) is 1.09. The van der Waals surface area contributed by atoms with E-state index in [1.807, 2.05) is 19.1 Å². The van der Waals surface area contributed by atoms with Gasteiger partial charge in [0.2, 0.25) is 0 Å². The van der Waals surface area contributed by atoms with Gasteiger partial charge < -0.3 is 5.32 Å². The summed E-state index contributed by atoms with van der Waals surface area (Å²) in [7, 11) is -0.980. The molecule has 0 aromatic heterocycles. The third-order valence-corrected chi connectivity index (χ3v) is 5.00. The van der Waals surface area contributed by atoms with Crippen LogP contribution in [0.1, 0.15) is 25.5 Å². The zero-order valence-electron chi connectivity index (χ0n) is 8.79. The quantitative estimate of drug-likeness (QED) is 0.865. The van der Waals surface area contributed by atoms with Crippen LogP contribution in [0.4, 0.5) is 0 Å². The van der Waals surface area contributed by atoms with E-state index >= 15 is 0 Å². The monoisotopic (exact) mass is 243 g/mol. The highest BCUT2D eigenvalue weighted by Crippen LogP contribution is 2.39. The van der Waals surface area contributed by atoms with Crippen molar-refractivity contribution < 1.29 is 4.21 Å². The van der Waals surface area contributed by atoms with Gasteiger partial charge in [0.15, 0.2) is 0 Å². The van der Waals surface area contributed by atoms with Crippen molar-refractivity contribution in [3.8, 4) is 0 Å². The van der Waals surface area contributed by atoms with Crippen LogP contribution < -0.4 is 5.32 Å². The molecule has 15 heavy (non-hydrogen) atoms. The van der Waals surface area contributed by atoms with Crippen molar-refractivity contribution in [3.05, 3.63) is 28.8 Å². The van der Waals surface area contributed by atoms with E-state index in [4.69, 9.17) is 11.6 Å². The maximum Gasteiger partial charge on any atom is 0.0625 e. The molecule has 1 aromatic rings. The summed E-state index contributed by atoms with van der Waals surface area (Å²) in [4.78, 5) is 0.817. The smallest absolute Gasteiger partial charge is 0.0625 e. The van der Waals surface area contributed by atoms with E-state index in [0.29, 0.717) is 5.02 Å². The second-order valence-corrected chi connectivity index (χ2v) is 5.85. The highest BCUT2D eigenvalue weighted by molar-refractivity contribution is 7.86. The van der Waals surface area contributed by atoms with E-state index in [2.05, 4.69) is 12.2 Å². The zero-order valence-corrected chi connectivity index (χ0v) is 10.4. The molecule has 0 saturated heterocycles. The minimum absolute atomic E-state index is 0.0971. The molecule has 2 rings (SSSR count). The molecule has 2 nitrogen and oxygen atoms in total. The molecule has 82 valence electrons. The van der Waals surface area contributed by atoms with Crippen molar-refractivity contribution in [3.63, 3.8) is 0 Å². The zero-order chi connectivity index (χ0) is 11.0. The lowest BCUT2D eigenvalue weighted by molar-refractivity contribution is 0.547. The van der Waals surface area contributed by atoms with E-state index in [1.54, 1.807) is 6.07 Å². The van der Waals surface area contributed by atoms with Gasteiger partial charge in [0.25, 0.3) is 0 Å². The molecule has 0 radical (unpaired) electrons. The largest absolute Gasteiger partial charge is 0.309 e. The minimum Gasteiger partial charge on any atom is -0.309 e. The topological polar surface area (TPSA) is 29.1 Å². The van der Waals surface area contributed by atoms with Crippen LogP contribution in [0.3, 0.4) is 0 Å². The summed E-state index contributed by atoms with van der Waals surface area (Å²) in [6.07, 6.45) is 0. The van der Waals surface area contributed by atoms with E-state index < -0.39 is 10.8 Å². The number of fused-ring (bicyclic) bond motifs is 1. The van der Waals surface area contributed by atoms with Gasteiger partial charge in [-0.05, 0) is 25.1 Å². The van der Waals surface area contributed by atoms with E-state index in [0.717, 1.165) is 17.0 Å². The Bertz CT molecular complexity index is 408. The molecule has 0 amide bonds. The molecule has 0 saturated carbocycles. The lowest BCUT2D eigenvalue weighted by atomic mass is 10.0. The predicted molar refractivity (Wildman–Crippen MR) is 63.7 cm³/mol. The highest BCUT2D eigenvalue weighted by atomic mass is 35.5. The van der Waals surface area contributed by atoms with Crippen LogP contribution >= 0.6 is 11.6 Å². The van der Waals surface area contributed by atoms with Crippen LogP contribution in [-0.4, -0.2) is 16.0 Å². The van der Waals surface area contributed by atoms with Gasteiger partial charge in [-0.25, -0.2) is 0 Å². The molecule has 3 unspecified atom stereocenters. The van der Waals surface area contributed by atoms with Crippen molar-refractivity contribution in [2.24, 2.45) is 0 Å². The van der Waals surface area contributed by atoms with Gasteiger partial charge in [0, 0.05) is 6.04 Å². The molecule has 1 heterocycles. The standard InChI is InChI=1S/C11H14ClNOS/c1-3-13-10-7(2)15(14)11-8(10)5-4-6-9(11)12/h4-7,10,13H,3H2,1-2H3. The molecule has 3 atom stereocenters. The van der Waals surface area contributed by atoms with Gasteiger partial charge in [0.1, 0.15) is 0 Å². The third-order valence-electron chi connectivity index (χ3n) is 2.76. The molecule has 4 heteroatoms. The maximum atomic E-state index is 12.1. The molecular formula is C11H14ClNOS. The Kier molecular flexibility index (Phi) is 3.14. The summed E-state index contributed by atoms with van der Waals surface area (Å²) in [5.74, 6) is 0. The molecule has 1 N–H and O–H groups in total. The van der Waals surface area contributed by atoms with Crippen molar-refractivity contribution in [2.45, 2.75) is 30.0 Å². The molecular weight excluding hydrogens is 230 g/mol. The number of rotatable bonds is 2. The average Bonchev–Trinajstić information content (AvgIpc) is 2.45. The molecule has 0 fully saturated rings. The fourth-order valence-electron chi connectivity index (χ4n) is 2.04. The Morgan fingerprint density at radius 3 is 2.93 bits per heavy atom. The fourth-order valence-corrected chi connectivity index (χ4v) is 4.00. The molecule has 0 spiro atoms. The lowest BCUT2D eigenvalue weighted by Crippen LogP contribution is -2.27. The van der Waals surface area contributed by atoms with Crippen molar-refractivity contribution in [2.75, 3.05) is 6.54 Å². The number of hydrogen-bond donors (Lipinski definition) is 1. The Hall–Kier alpha value is -0.380. The van der Waals surface area contributed by atoms with Gasteiger partial charge in [-0.15, -0.1) is 0 Å². The van der Waals surface area contributed by atoms with Gasteiger partial charge in [-0.2, -0.15) is 0 Å². The number of nitrogens with one attached hydrogen (secondary N) is 1. The molecule has 1 aliphatic rings. The fraction of sp³-hybridized carbons (Fsp3) is 0.455. The second kappa shape index (κ2) is 4.24. The van der Waals surface area contributed by atoms with Crippen LogP contribution in [0.2, 0.25) is 5.02 Å². The van der Waals surface area contributed by atoms with Crippen LogP contribution in [0.25, 0.3) is 0 Å². The van der Waals surface area contributed by atoms with Crippen molar-refractivity contribution in [1.82, 2.24) is 5.32 Å².